The number of aromatic nitrogens is 3. The van der Waals surface area contributed by atoms with E-state index in [4.69, 9.17) is 9.47 Å². The second-order valence-corrected chi connectivity index (χ2v) is 8.13. The zero-order chi connectivity index (χ0) is 21.1. The molecule has 1 saturated heterocycles. The second kappa shape index (κ2) is 8.86. The van der Waals surface area contributed by atoms with Gasteiger partial charge in [-0.05, 0) is 6.42 Å². The fourth-order valence-electron chi connectivity index (χ4n) is 3.39. The lowest BCUT2D eigenvalue weighted by Gasteiger charge is -2.35. The van der Waals surface area contributed by atoms with Crippen LogP contribution in [0.2, 0.25) is 0 Å². The number of nitrogens with one attached hydrogen (secondary N) is 1. The minimum absolute atomic E-state index is 0.0363. The summed E-state index contributed by atoms with van der Waals surface area (Å²) in [5, 5.41) is 9.33. The van der Waals surface area contributed by atoms with Gasteiger partial charge in [0.25, 0.3) is 0 Å². The third kappa shape index (κ3) is 4.57. The van der Waals surface area contributed by atoms with Gasteiger partial charge in [-0.2, -0.15) is 13.9 Å². The SMILES string of the molecule is CCCC1OCC(F)(CC2=C(c3cnn(C(F)F)c3)CN=C(c3nccs3)N2)CO1. The third-order valence-electron chi connectivity index (χ3n) is 4.89. The number of nitrogens with zero attached hydrogens (tertiary/aromatic N) is 4. The quantitative estimate of drug-likeness (QED) is 0.708. The standard InChI is InChI=1S/C19H22F3N5O2S/c1-2-3-15-28-10-19(22,11-29-15)6-14-13(12-7-25-27(9-12)18(20)21)8-24-16(26-14)17-23-4-5-30-17/h4-5,7,9,15,18H,2-3,6,8,10-11H2,1H3,(H,24,26). The highest BCUT2D eigenvalue weighted by Gasteiger charge is 2.39. The van der Waals surface area contributed by atoms with Gasteiger partial charge in [-0.1, -0.05) is 13.3 Å². The Balaban J connectivity index is 1.59. The molecule has 1 fully saturated rings. The lowest BCUT2D eigenvalue weighted by atomic mass is 9.95. The van der Waals surface area contributed by atoms with Crippen LogP contribution in [0.1, 0.15) is 43.3 Å². The molecule has 0 aromatic carbocycles. The van der Waals surface area contributed by atoms with Crippen molar-refractivity contribution in [2.24, 2.45) is 4.99 Å². The Hall–Kier alpha value is -2.24. The first-order valence-corrected chi connectivity index (χ1v) is 10.5. The van der Waals surface area contributed by atoms with Gasteiger partial charge in [0.05, 0.1) is 26.0 Å². The summed E-state index contributed by atoms with van der Waals surface area (Å²) >= 11 is 1.40. The summed E-state index contributed by atoms with van der Waals surface area (Å²) in [5.41, 5.74) is -0.144. The molecule has 1 N–H and O–H groups in total. The molecular formula is C19H22F3N5O2S. The number of alkyl halides is 3. The number of thiazole rings is 1. The topological polar surface area (TPSA) is 73.6 Å². The van der Waals surface area contributed by atoms with Crippen LogP contribution in [0.25, 0.3) is 5.57 Å². The van der Waals surface area contributed by atoms with Crippen molar-refractivity contribution >= 4 is 22.7 Å². The molecule has 0 spiro atoms. The van der Waals surface area contributed by atoms with Gasteiger partial charge in [-0.15, -0.1) is 11.3 Å². The Kier molecular flexibility index (Phi) is 6.21. The molecule has 0 amide bonds. The van der Waals surface area contributed by atoms with Crippen LogP contribution in [0.3, 0.4) is 0 Å². The number of hydrogen-bond acceptors (Lipinski definition) is 7. The summed E-state index contributed by atoms with van der Waals surface area (Å²) in [5.74, 6) is 0.523. The molecule has 30 heavy (non-hydrogen) atoms. The summed E-state index contributed by atoms with van der Waals surface area (Å²) in [6.07, 6.45) is 5.38. The van der Waals surface area contributed by atoms with Crippen molar-refractivity contribution in [2.75, 3.05) is 19.8 Å². The summed E-state index contributed by atoms with van der Waals surface area (Å²) < 4.78 is 53.1. The summed E-state index contributed by atoms with van der Waals surface area (Å²) in [7, 11) is 0. The van der Waals surface area contributed by atoms with Crippen LogP contribution >= 0.6 is 11.3 Å². The zero-order valence-electron chi connectivity index (χ0n) is 16.4. The lowest BCUT2D eigenvalue weighted by Crippen LogP contribution is -2.46. The van der Waals surface area contributed by atoms with Crippen LogP contribution in [0.15, 0.2) is 34.7 Å². The maximum Gasteiger partial charge on any atom is 0.333 e. The number of rotatable bonds is 7. The molecule has 7 nitrogen and oxygen atoms in total. The van der Waals surface area contributed by atoms with Crippen molar-refractivity contribution in [1.82, 2.24) is 20.1 Å². The van der Waals surface area contributed by atoms with E-state index in [9.17, 15) is 8.78 Å². The van der Waals surface area contributed by atoms with Gasteiger partial charge in [0, 0.05) is 41.0 Å². The first-order chi connectivity index (χ1) is 14.5. The van der Waals surface area contributed by atoms with Crippen molar-refractivity contribution in [1.29, 1.82) is 0 Å². The molecular weight excluding hydrogens is 419 g/mol. The number of halogens is 3. The van der Waals surface area contributed by atoms with E-state index < -0.39 is 18.5 Å². The number of allylic oxidation sites excluding steroid dienone is 1. The highest BCUT2D eigenvalue weighted by Crippen LogP contribution is 2.33. The predicted molar refractivity (Wildman–Crippen MR) is 106 cm³/mol. The van der Waals surface area contributed by atoms with E-state index in [0.717, 1.165) is 6.42 Å². The first-order valence-electron chi connectivity index (χ1n) is 9.65. The molecule has 2 aliphatic rings. The average molecular weight is 441 g/mol. The van der Waals surface area contributed by atoms with Crippen molar-refractivity contribution in [3.05, 3.63) is 40.2 Å². The van der Waals surface area contributed by atoms with Crippen molar-refractivity contribution in [3.8, 4) is 0 Å². The zero-order valence-corrected chi connectivity index (χ0v) is 17.2. The molecule has 4 heterocycles. The summed E-state index contributed by atoms with van der Waals surface area (Å²) in [6.45, 7) is -0.752. The molecule has 4 rings (SSSR count). The highest BCUT2D eigenvalue weighted by molar-refractivity contribution is 7.11. The van der Waals surface area contributed by atoms with Gasteiger partial charge in [-0.25, -0.2) is 14.1 Å². The maximum atomic E-state index is 15.5. The average Bonchev–Trinajstić information content (AvgIpc) is 3.42. The minimum Gasteiger partial charge on any atom is -0.349 e. The van der Waals surface area contributed by atoms with Gasteiger partial charge < -0.3 is 14.8 Å². The van der Waals surface area contributed by atoms with E-state index in [2.05, 4.69) is 20.4 Å². The first kappa shape index (κ1) is 21.0. The fraction of sp³-hybridized carbons (Fsp3) is 0.526. The van der Waals surface area contributed by atoms with Crippen LogP contribution < -0.4 is 5.32 Å². The van der Waals surface area contributed by atoms with Crippen LogP contribution in [0, 0.1) is 0 Å². The number of amidine groups is 1. The largest absolute Gasteiger partial charge is 0.349 e. The molecule has 2 aliphatic heterocycles. The number of aliphatic imine (C=N–C) groups is 1. The van der Waals surface area contributed by atoms with Gasteiger partial charge in [-0.3, -0.25) is 4.99 Å². The number of ether oxygens (including phenoxy) is 2. The molecule has 11 heteroatoms. The van der Waals surface area contributed by atoms with Gasteiger partial charge in [0.15, 0.2) is 22.8 Å². The van der Waals surface area contributed by atoms with E-state index in [1.165, 1.54) is 23.7 Å². The summed E-state index contributed by atoms with van der Waals surface area (Å²) in [4.78, 5) is 8.71. The van der Waals surface area contributed by atoms with E-state index in [-0.39, 0.29) is 26.2 Å². The van der Waals surface area contributed by atoms with E-state index >= 15 is 4.39 Å². The predicted octanol–water partition coefficient (Wildman–Crippen LogP) is 3.77. The normalized spacial score (nSPS) is 24.8. The molecule has 0 saturated carbocycles. The Bertz CT molecular complexity index is 921. The van der Waals surface area contributed by atoms with Crippen molar-refractivity contribution in [2.45, 2.75) is 44.7 Å². The highest BCUT2D eigenvalue weighted by atomic mass is 32.1. The van der Waals surface area contributed by atoms with Crippen LogP contribution in [0.4, 0.5) is 13.2 Å². The van der Waals surface area contributed by atoms with Gasteiger partial charge in [0.1, 0.15) is 0 Å². The van der Waals surface area contributed by atoms with Crippen LogP contribution in [-0.2, 0) is 9.47 Å². The van der Waals surface area contributed by atoms with Gasteiger partial charge in [0.2, 0.25) is 0 Å². The molecule has 0 atom stereocenters. The lowest BCUT2D eigenvalue weighted by molar-refractivity contribution is -0.234. The van der Waals surface area contributed by atoms with Crippen LogP contribution in [0.5, 0.6) is 0 Å². The minimum atomic E-state index is -2.75. The Morgan fingerprint density at radius 2 is 2.17 bits per heavy atom. The van der Waals surface area contributed by atoms with Crippen molar-refractivity contribution < 1.29 is 22.6 Å². The van der Waals surface area contributed by atoms with E-state index in [1.54, 1.807) is 6.20 Å². The molecule has 0 unspecified atom stereocenters. The number of hydrogen-bond donors (Lipinski definition) is 1. The van der Waals surface area contributed by atoms with Crippen molar-refractivity contribution in [3.63, 3.8) is 0 Å². The smallest absolute Gasteiger partial charge is 0.333 e. The molecule has 0 radical (unpaired) electrons. The fourth-order valence-corrected chi connectivity index (χ4v) is 3.99. The maximum absolute atomic E-state index is 15.5. The molecule has 0 bridgehead atoms. The third-order valence-corrected chi connectivity index (χ3v) is 5.67. The van der Waals surface area contributed by atoms with E-state index in [0.29, 0.717) is 38.8 Å². The molecule has 2 aromatic heterocycles. The molecule has 0 aliphatic carbocycles. The van der Waals surface area contributed by atoms with Gasteiger partial charge >= 0.3 is 6.55 Å². The molecule has 2 aromatic rings. The summed E-state index contributed by atoms with van der Waals surface area (Å²) in [6, 6.07) is 0. The van der Waals surface area contributed by atoms with E-state index in [1.807, 2.05) is 12.3 Å². The monoisotopic (exact) mass is 441 g/mol. The Labute approximate surface area is 175 Å². The Morgan fingerprint density at radius 3 is 2.80 bits per heavy atom. The second-order valence-electron chi connectivity index (χ2n) is 7.24. The van der Waals surface area contributed by atoms with Crippen LogP contribution in [-0.4, -0.2) is 52.3 Å². The Morgan fingerprint density at radius 1 is 1.37 bits per heavy atom. The molecule has 162 valence electrons.